The van der Waals surface area contributed by atoms with Crippen molar-refractivity contribution in [2.45, 2.75) is 44.8 Å². The van der Waals surface area contributed by atoms with E-state index in [1.54, 1.807) is 19.1 Å². The minimum absolute atomic E-state index is 0.0119. The van der Waals surface area contributed by atoms with Crippen molar-refractivity contribution in [2.24, 2.45) is 5.92 Å². The van der Waals surface area contributed by atoms with Gasteiger partial charge >= 0.3 is 0 Å². The first-order valence-electron chi connectivity index (χ1n) is 8.45. The number of rotatable bonds is 6. The Labute approximate surface area is 140 Å². The van der Waals surface area contributed by atoms with Crippen LogP contribution in [-0.2, 0) is 4.79 Å². The lowest BCUT2D eigenvalue weighted by atomic mass is 9.89. The Balaban J connectivity index is 1.64. The molecule has 2 fully saturated rings. The summed E-state index contributed by atoms with van der Waals surface area (Å²) in [7, 11) is 0. The maximum Gasteiger partial charge on any atom is 0.254 e. The van der Waals surface area contributed by atoms with Crippen molar-refractivity contribution in [2.75, 3.05) is 13.1 Å². The standard InChI is InChI=1S/C18H23FN2O3/c1-11-2-5-13(6-16(11)19)18(24)21(9-12-3-4-12)10-17(23)20-14-7-15(22)8-14/h2,5-6,12,14-15,22H,3-4,7-10H2,1H3,(H,20,23). The van der Waals surface area contributed by atoms with E-state index in [0.29, 0.717) is 30.9 Å². The first kappa shape index (κ1) is 16.9. The second kappa shape index (κ2) is 6.89. The summed E-state index contributed by atoms with van der Waals surface area (Å²) in [4.78, 5) is 26.3. The Bertz CT molecular complexity index is 639. The SMILES string of the molecule is Cc1ccc(C(=O)N(CC(=O)NC2CC(O)C2)CC2CC2)cc1F. The van der Waals surface area contributed by atoms with Crippen molar-refractivity contribution in [1.29, 1.82) is 0 Å². The van der Waals surface area contributed by atoms with Crippen molar-refractivity contribution >= 4 is 11.8 Å². The molecule has 0 unspecified atom stereocenters. The molecule has 2 N–H and O–H groups in total. The summed E-state index contributed by atoms with van der Waals surface area (Å²) >= 11 is 0. The summed E-state index contributed by atoms with van der Waals surface area (Å²) in [6, 6.07) is 4.40. The Hall–Kier alpha value is -1.95. The van der Waals surface area contributed by atoms with Gasteiger partial charge in [-0.1, -0.05) is 6.07 Å². The molecule has 2 aliphatic carbocycles. The number of aryl methyl sites for hydroxylation is 1. The van der Waals surface area contributed by atoms with Gasteiger partial charge in [0.25, 0.3) is 5.91 Å². The van der Waals surface area contributed by atoms with Crippen LogP contribution >= 0.6 is 0 Å². The average Bonchev–Trinajstić information content (AvgIpc) is 3.31. The molecular formula is C18H23FN2O3. The summed E-state index contributed by atoms with van der Waals surface area (Å²) in [5, 5.41) is 12.1. The normalized spacial score (nSPS) is 22.6. The zero-order valence-electron chi connectivity index (χ0n) is 13.8. The summed E-state index contributed by atoms with van der Waals surface area (Å²) in [6.45, 7) is 2.14. The molecule has 1 aromatic rings. The molecule has 0 bridgehead atoms. The van der Waals surface area contributed by atoms with E-state index < -0.39 is 5.82 Å². The maximum atomic E-state index is 13.7. The van der Waals surface area contributed by atoms with Gasteiger partial charge in [0, 0.05) is 18.2 Å². The molecule has 5 nitrogen and oxygen atoms in total. The number of amides is 2. The summed E-state index contributed by atoms with van der Waals surface area (Å²) in [5.41, 5.74) is 0.757. The number of halogens is 1. The van der Waals surface area contributed by atoms with E-state index in [9.17, 15) is 19.1 Å². The van der Waals surface area contributed by atoms with Crippen molar-refractivity contribution in [3.8, 4) is 0 Å². The molecule has 0 spiro atoms. The summed E-state index contributed by atoms with van der Waals surface area (Å²) < 4.78 is 13.7. The van der Waals surface area contributed by atoms with E-state index in [4.69, 9.17) is 0 Å². The van der Waals surface area contributed by atoms with E-state index in [1.165, 1.54) is 11.0 Å². The molecule has 0 radical (unpaired) electrons. The zero-order chi connectivity index (χ0) is 17.3. The number of carbonyl (C=O) groups excluding carboxylic acids is 2. The number of carbonyl (C=O) groups is 2. The molecule has 24 heavy (non-hydrogen) atoms. The minimum atomic E-state index is -0.417. The molecule has 0 aliphatic heterocycles. The number of aliphatic hydroxyl groups excluding tert-OH is 1. The first-order valence-corrected chi connectivity index (χ1v) is 8.45. The van der Waals surface area contributed by atoms with E-state index in [-0.39, 0.29) is 36.1 Å². The molecule has 2 amide bonds. The number of aliphatic hydroxyl groups is 1. The predicted octanol–water partition coefficient (Wildman–Crippen LogP) is 1.63. The van der Waals surface area contributed by atoms with Crippen LogP contribution < -0.4 is 5.32 Å². The summed E-state index contributed by atoms with van der Waals surface area (Å²) in [5.74, 6) is -0.527. The maximum absolute atomic E-state index is 13.7. The average molecular weight is 334 g/mol. The molecule has 1 aromatic carbocycles. The lowest BCUT2D eigenvalue weighted by Crippen LogP contribution is -2.50. The highest BCUT2D eigenvalue weighted by molar-refractivity contribution is 5.96. The Kier molecular flexibility index (Phi) is 4.85. The fourth-order valence-electron chi connectivity index (χ4n) is 2.89. The lowest BCUT2D eigenvalue weighted by Gasteiger charge is -2.32. The van der Waals surface area contributed by atoms with Crippen LogP contribution in [0.25, 0.3) is 0 Å². The van der Waals surface area contributed by atoms with Gasteiger partial charge < -0.3 is 15.3 Å². The van der Waals surface area contributed by atoms with Crippen LogP contribution in [0.5, 0.6) is 0 Å². The molecule has 0 saturated heterocycles. The fraction of sp³-hybridized carbons (Fsp3) is 0.556. The number of nitrogens with one attached hydrogen (secondary N) is 1. The van der Waals surface area contributed by atoms with E-state index >= 15 is 0 Å². The molecule has 130 valence electrons. The first-order chi connectivity index (χ1) is 11.4. The van der Waals surface area contributed by atoms with Crippen LogP contribution in [0, 0.1) is 18.7 Å². The van der Waals surface area contributed by atoms with Crippen molar-refractivity contribution in [3.05, 3.63) is 35.1 Å². The predicted molar refractivity (Wildman–Crippen MR) is 86.9 cm³/mol. The number of benzene rings is 1. The zero-order valence-corrected chi connectivity index (χ0v) is 13.8. The van der Waals surface area contributed by atoms with Crippen LogP contribution in [0.1, 0.15) is 41.6 Å². The largest absolute Gasteiger partial charge is 0.393 e. The quantitative estimate of drug-likeness (QED) is 0.831. The minimum Gasteiger partial charge on any atom is -0.393 e. The van der Waals surface area contributed by atoms with Crippen LogP contribution in [0.4, 0.5) is 4.39 Å². The number of nitrogens with zero attached hydrogens (tertiary/aromatic N) is 1. The van der Waals surface area contributed by atoms with Gasteiger partial charge in [0.1, 0.15) is 5.82 Å². The van der Waals surface area contributed by atoms with E-state index in [1.807, 2.05) is 0 Å². The topological polar surface area (TPSA) is 69.6 Å². The third-order valence-electron chi connectivity index (χ3n) is 4.69. The molecule has 2 aliphatic rings. The van der Waals surface area contributed by atoms with Gasteiger partial charge in [-0.05, 0) is 56.2 Å². The van der Waals surface area contributed by atoms with Gasteiger partial charge in [-0.25, -0.2) is 4.39 Å². The highest BCUT2D eigenvalue weighted by atomic mass is 19.1. The highest BCUT2D eigenvalue weighted by Crippen LogP contribution is 2.30. The van der Waals surface area contributed by atoms with Gasteiger partial charge in [0.05, 0.1) is 12.6 Å². The highest BCUT2D eigenvalue weighted by Gasteiger charge is 2.31. The van der Waals surface area contributed by atoms with Crippen LogP contribution in [0.3, 0.4) is 0 Å². The van der Waals surface area contributed by atoms with Gasteiger partial charge in [-0.3, -0.25) is 9.59 Å². The van der Waals surface area contributed by atoms with Gasteiger partial charge in [0.2, 0.25) is 5.91 Å². The van der Waals surface area contributed by atoms with Crippen LogP contribution in [0.15, 0.2) is 18.2 Å². The molecular weight excluding hydrogens is 311 g/mol. The number of hydrogen-bond donors (Lipinski definition) is 2. The van der Waals surface area contributed by atoms with Crippen molar-refractivity contribution < 1.29 is 19.1 Å². The van der Waals surface area contributed by atoms with Crippen LogP contribution in [-0.4, -0.2) is 47.1 Å². The number of hydrogen-bond acceptors (Lipinski definition) is 3. The van der Waals surface area contributed by atoms with Gasteiger partial charge in [-0.2, -0.15) is 0 Å². The monoisotopic (exact) mass is 334 g/mol. The molecule has 0 heterocycles. The molecule has 6 heteroatoms. The van der Waals surface area contributed by atoms with E-state index in [2.05, 4.69) is 5.32 Å². The smallest absolute Gasteiger partial charge is 0.254 e. The Morgan fingerprint density at radius 1 is 1.33 bits per heavy atom. The van der Waals surface area contributed by atoms with E-state index in [0.717, 1.165) is 12.8 Å². The van der Waals surface area contributed by atoms with Gasteiger partial charge in [0.15, 0.2) is 0 Å². The van der Waals surface area contributed by atoms with Gasteiger partial charge in [-0.15, -0.1) is 0 Å². The Morgan fingerprint density at radius 2 is 2.04 bits per heavy atom. The molecule has 0 atom stereocenters. The molecule has 2 saturated carbocycles. The lowest BCUT2D eigenvalue weighted by molar-refractivity contribution is -0.123. The third-order valence-corrected chi connectivity index (χ3v) is 4.69. The second-order valence-corrected chi connectivity index (χ2v) is 6.98. The molecule has 0 aromatic heterocycles. The van der Waals surface area contributed by atoms with Crippen LogP contribution in [0.2, 0.25) is 0 Å². The Morgan fingerprint density at radius 3 is 2.62 bits per heavy atom. The van der Waals surface area contributed by atoms with Crippen molar-refractivity contribution in [1.82, 2.24) is 10.2 Å². The second-order valence-electron chi connectivity index (χ2n) is 6.98. The molecule has 3 rings (SSSR count). The third kappa shape index (κ3) is 4.12. The fourth-order valence-corrected chi connectivity index (χ4v) is 2.89. The summed E-state index contributed by atoms with van der Waals surface area (Å²) in [6.07, 6.45) is 2.90. The van der Waals surface area contributed by atoms with Crippen molar-refractivity contribution in [3.63, 3.8) is 0 Å².